The smallest absolute Gasteiger partial charge is 0.227 e. The molecule has 1 aromatic heterocycles. The van der Waals surface area contributed by atoms with E-state index >= 15 is 0 Å². The average Bonchev–Trinajstić information content (AvgIpc) is 3.37. The lowest BCUT2D eigenvalue weighted by molar-refractivity contribution is -0.563. The van der Waals surface area contributed by atoms with E-state index in [0.29, 0.717) is 11.1 Å². The quantitative estimate of drug-likeness (QED) is 0.227. The summed E-state index contributed by atoms with van der Waals surface area (Å²) in [7, 11) is 1.63. The first-order valence-electron chi connectivity index (χ1n) is 11.3. The van der Waals surface area contributed by atoms with Gasteiger partial charge in [-0.1, -0.05) is 58.4 Å². The molecular weight excluding hydrogens is 504 g/mol. The van der Waals surface area contributed by atoms with Gasteiger partial charge < -0.3 is 9.30 Å². The van der Waals surface area contributed by atoms with Crippen LogP contribution in [0, 0.1) is 0 Å². The van der Waals surface area contributed by atoms with Crippen LogP contribution in [0.5, 0.6) is 5.75 Å². The summed E-state index contributed by atoms with van der Waals surface area (Å²) < 4.78 is 10.3. The number of hydrogen-bond donors (Lipinski definition) is 0. The molecule has 0 unspecified atom stereocenters. The first kappa shape index (κ1) is 23.0. The van der Waals surface area contributed by atoms with Gasteiger partial charge in [0, 0.05) is 27.4 Å². The fourth-order valence-corrected chi connectivity index (χ4v) is 4.87. The molecule has 0 radical (unpaired) electrons. The number of carbonyl (C=O) groups excluding carboxylic acids is 2. The number of halogens is 1. The van der Waals surface area contributed by atoms with E-state index in [9.17, 15) is 9.59 Å². The fraction of sp³-hybridized carbons (Fsp3) is 0.138. The van der Waals surface area contributed by atoms with Crippen LogP contribution in [0.4, 0.5) is 0 Å². The van der Waals surface area contributed by atoms with Crippen molar-refractivity contribution in [3.05, 3.63) is 124 Å². The van der Waals surface area contributed by atoms with Gasteiger partial charge in [0.15, 0.2) is 18.0 Å². The van der Waals surface area contributed by atoms with Crippen LogP contribution in [-0.2, 0) is 0 Å². The minimum absolute atomic E-state index is 0.00444. The van der Waals surface area contributed by atoms with E-state index in [1.54, 1.807) is 7.11 Å². The Labute approximate surface area is 212 Å². The second-order valence-electron chi connectivity index (χ2n) is 8.46. The zero-order chi connectivity index (χ0) is 24.4. The molecule has 5 rings (SSSR count). The monoisotopic (exact) mass is 527 g/mol. The minimum Gasteiger partial charge on any atom is -0.497 e. The van der Waals surface area contributed by atoms with Crippen LogP contribution in [0.1, 0.15) is 44.1 Å². The third-order valence-corrected chi connectivity index (χ3v) is 6.87. The maximum absolute atomic E-state index is 14.0. The van der Waals surface area contributed by atoms with Crippen molar-refractivity contribution in [3.63, 3.8) is 0 Å². The van der Waals surface area contributed by atoms with Crippen LogP contribution >= 0.6 is 15.9 Å². The predicted molar refractivity (Wildman–Crippen MR) is 139 cm³/mol. The van der Waals surface area contributed by atoms with E-state index < -0.39 is 6.04 Å². The van der Waals surface area contributed by atoms with E-state index in [2.05, 4.69) is 15.9 Å². The number of rotatable bonds is 7. The van der Waals surface area contributed by atoms with Crippen LogP contribution in [0.2, 0.25) is 0 Å². The molecule has 0 saturated carbocycles. The second kappa shape index (κ2) is 9.84. The predicted octanol–water partition coefficient (Wildman–Crippen LogP) is 5.75. The zero-order valence-electron chi connectivity index (χ0n) is 19.2. The van der Waals surface area contributed by atoms with E-state index in [1.807, 2.05) is 113 Å². The molecule has 2 heterocycles. The lowest BCUT2D eigenvalue weighted by atomic mass is 9.90. The van der Waals surface area contributed by atoms with E-state index in [-0.39, 0.29) is 24.2 Å². The van der Waals surface area contributed by atoms with E-state index in [1.165, 1.54) is 0 Å². The zero-order valence-corrected chi connectivity index (χ0v) is 20.8. The maximum Gasteiger partial charge on any atom is 0.227 e. The number of Topliss-reactive ketones (excluding diaryl/α,β-unsaturated/α-hetero) is 2. The Kier molecular flexibility index (Phi) is 6.47. The van der Waals surface area contributed by atoms with Gasteiger partial charge in [0.25, 0.3) is 0 Å². The van der Waals surface area contributed by atoms with Gasteiger partial charge in [-0.25, -0.2) is 4.58 Å². The van der Waals surface area contributed by atoms with Gasteiger partial charge in [0.2, 0.25) is 18.4 Å². The van der Waals surface area contributed by atoms with Crippen molar-refractivity contribution in [2.45, 2.75) is 12.1 Å². The first-order chi connectivity index (χ1) is 17.0. The molecular formula is C29H24BrN2O3+. The van der Waals surface area contributed by atoms with Crippen LogP contribution in [0.15, 0.2) is 102 Å². The Bertz CT molecular complexity index is 1390. The number of methoxy groups -OCH3 is 1. The molecule has 0 saturated heterocycles. The van der Waals surface area contributed by atoms with Gasteiger partial charge in [0.05, 0.1) is 7.11 Å². The molecule has 6 heteroatoms. The molecule has 174 valence electrons. The Morgan fingerprint density at radius 1 is 0.886 bits per heavy atom. The molecule has 0 aliphatic carbocycles. The molecule has 0 N–H and O–H groups in total. The van der Waals surface area contributed by atoms with E-state index in [0.717, 1.165) is 21.5 Å². The third kappa shape index (κ3) is 4.62. The Balaban J connectivity index is 1.62. The van der Waals surface area contributed by atoms with Crippen molar-refractivity contribution in [3.8, 4) is 5.75 Å². The lowest BCUT2D eigenvalue weighted by Gasteiger charge is -2.30. The SMILES string of the molecule is COc1ccc([C@@H]2[C@@H](C(=O)c3ccc(Br)cc3)n3cccc3C=[N+]2CC(=O)c2ccccc2)cc1. The average molecular weight is 528 g/mol. The number of benzene rings is 3. The number of aromatic nitrogens is 1. The summed E-state index contributed by atoms with van der Waals surface area (Å²) in [5.41, 5.74) is 3.07. The van der Waals surface area contributed by atoms with Crippen molar-refractivity contribution in [1.82, 2.24) is 4.57 Å². The molecule has 0 spiro atoms. The highest BCUT2D eigenvalue weighted by Gasteiger charge is 2.43. The maximum atomic E-state index is 14.0. The van der Waals surface area contributed by atoms with Gasteiger partial charge >= 0.3 is 0 Å². The Morgan fingerprint density at radius 3 is 2.29 bits per heavy atom. The topological polar surface area (TPSA) is 51.3 Å². The van der Waals surface area contributed by atoms with E-state index in [4.69, 9.17) is 4.74 Å². The summed E-state index contributed by atoms with van der Waals surface area (Å²) in [4.78, 5) is 27.2. The van der Waals surface area contributed by atoms with Crippen LogP contribution in [-0.4, -0.2) is 40.6 Å². The lowest BCUT2D eigenvalue weighted by Crippen LogP contribution is -2.40. The van der Waals surface area contributed by atoms with Crippen molar-refractivity contribution in [2.75, 3.05) is 13.7 Å². The normalized spacial score (nSPS) is 16.8. The molecule has 0 bridgehead atoms. The summed E-state index contributed by atoms with van der Waals surface area (Å²) in [6.45, 7) is 0.149. The molecule has 1 aliphatic heterocycles. The third-order valence-electron chi connectivity index (χ3n) is 6.34. The highest BCUT2D eigenvalue weighted by Crippen LogP contribution is 2.37. The molecule has 1 aliphatic rings. The number of ether oxygens (including phenoxy) is 1. The largest absolute Gasteiger partial charge is 0.497 e. The Morgan fingerprint density at radius 2 is 1.60 bits per heavy atom. The summed E-state index contributed by atoms with van der Waals surface area (Å²) >= 11 is 3.45. The van der Waals surface area contributed by atoms with Crippen molar-refractivity contribution < 1.29 is 18.9 Å². The van der Waals surface area contributed by atoms with Gasteiger partial charge in [-0.05, 0) is 48.5 Å². The van der Waals surface area contributed by atoms with Gasteiger partial charge in [-0.15, -0.1) is 0 Å². The first-order valence-corrected chi connectivity index (χ1v) is 12.1. The second-order valence-corrected chi connectivity index (χ2v) is 9.38. The van der Waals surface area contributed by atoms with Gasteiger partial charge in [-0.3, -0.25) is 9.59 Å². The number of carbonyl (C=O) groups is 2. The number of nitrogens with zero attached hydrogens (tertiary/aromatic N) is 2. The summed E-state index contributed by atoms with van der Waals surface area (Å²) in [6, 6.07) is 27.3. The molecule has 4 aromatic rings. The van der Waals surface area contributed by atoms with Crippen molar-refractivity contribution >= 4 is 33.7 Å². The summed E-state index contributed by atoms with van der Waals surface area (Å²) in [5, 5.41) is 0. The van der Waals surface area contributed by atoms with Crippen LogP contribution in [0.3, 0.4) is 0 Å². The van der Waals surface area contributed by atoms with Crippen molar-refractivity contribution in [1.29, 1.82) is 0 Å². The molecule has 5 nitrogen and oxygen atoms in total. The standard InChI is InChI=1S/C29H24BrN2O3/c1-35-25-15-11-21(12-16-25)27-28(29(34)22-9-13-23(30)14-10-22)32-17-5-8-24(32)18-31(27)19-26(33)20-6-3-2-4-7-20/h2-18,27-28H,19H2,1H3/q+1/t27-,28+/m1/s1. The number of hydrogen-bond acceptors (Lipinski definition) is 3. The minimum atomic E-state index is -0.553. The molecule has 35 heavy (non-hydrogen) atoms. The van der Waals surface area contributed by atoms with Crippen molar-refractivity contribution in [2.24, 2.45) is 0 Å². The molecule has 0 amide bonds. The van der Waals surface area contributed by atoms with Gasteiger partial charge in [0.1, 0.15) is 11.4 Å². The molecule has 0 fully saturated rings. The number of ketones is 2. The van der Waals surface area contributed by atoms with Crippen LogP contribution < -0.4 is 4.74 Å². The van der Waals surface area contributed by atoms with Crippen LogP contribution in [0.25, 0.3) is 0 Å². The summed E-state index contributed by atoms with van der Waals surface area (Å²) in [5.74, 6) is 0.717. The molecule has 3 aromatic carbocycles. The highest BCUT2D eigenvalue weighted by atomic mass is 79.9. The Hall–Kier alpha value is -3.77. The van der Waals surface area contributed by atoms with Gasteiger partial charge in [-0.2, -0.15) is 0 Å². The number of fused-ring (bicyclic) bond motifs is 1. The highest BCUT2D eigenvalue weighted by molar-refractivity contribution is 9.10. The molecule has 2 atom stereocenters. The summed E-state index contributed by atoms with van der Waals surface area (Å²) in [6.07, 6.45) is 3.90. The fourth-order valence-electron chi connectivity index (χ4n) is 4.61.